The summed E-state index contributed by atoms with van der Waals surface area (Å²) in [6.07, 6.45) is 2.76. The maximum absolute atomic E-state index is 5.59. The quantitative estimate of drug-likeness (QED) is 0.800. The summed E-state index contributed by atoms with van der Waals surface area (Å²) in [7, 11) is 2.21. The molecular weight excluding hydrogens is 200 g/mol. The van der Waals surface area contributed by atoms with Gasteiger partial charge >= 0.3 is 0 Å². The van der Waals surface area contributed by atoms with E-state index in [0.717, 1.165) is 30.7 Å². The molecule has 0 aliphatic heterocycles. The van der Waals surface area contributed by atoms with Crippen LogP contribution < -0.4 is 5.32 Å². The largest absolute Gasteiger partial charge is 0.465 e. The highest BCUT2D eigenvalue weighted by molar-refractivity contribution is 5.08. The number of aryl methyl sites for hydroxylation is 1. The van der Waals surface area contributed by atoms with Crippen LogP contribution in [0, 0.1) is 6.92 Å². The fourth-order valence-electron chi connectivity index (χ4n) is 1.94. The van der Waals surface area contributed by atoms with E-state index in [9.17, 15) is 0 Å². The van der Waals surface area contributed by atoms with Gasteiger partial charge in [-0.2, -0.15) is 0 Å². The first-order chi connectivity index (χ1) is 7.66. The molecule has 0 radical (unpaired) electrons. The molecule has 3 heteroatoms. The van der Waals surface area contributed by atoms with E-state index in [-0.39, 0.29) is 0 Å². The summed E-state index contributed by atoms with van der Waals surface area (Å²) in [5.41, 5.74) is 0. The van der Waals surface area contributed by atoms with E-state index in [2.05, 4.69) is 30.3 Å². The molecule has 3 nitrogen and oxygen atoms in total. The van der Waals surface area contributed by atoms with Gasteiger partial charge < -0.3 is 14.6 Å². The summed E-state index contributed by atoms with van der Waals surface area (Å²) in [6, 6.07) is 5.23. The Morgan fingerprint density at radius 2 is 2.25 bits per heavy atom. The van der Waals surface area contributed by atoms with E-state index in [1.807, 2.05) is 13.0 Å². The predicted molar refractivity (Wildman–Crippen MR) is 65.5 cm³/mol. The molecule has 90 valence electrons. The molecule has 0 spiro atoms. The first-order valence-electron chi connectivity index (χ1n) is 6.17. The Balaban J connectivity index is 1.69. The first kappa shape index (κ1) is 11.7. The number of nitrogens with one attached hydrogen (secondary N) is 1. The van der Waals surface area contributed by atoms with Crippen LogP contribution in [-0.4, -0.2) is 31.1 Å². The summed E-state index contributed by atoms with van der Waals surface area (Å²) >= 11 is 0. The summed E-state index contributed by atoms with van der Waals surface area (Å²) in [4.78, 5) is 2.44. The van der Waals surface area contributed by atoms with Crippen LogP contribution in [0.2, 0.25) is 0 Å². The van der Waals surface area contributed by atoms with Gasteiger partial charge in [0.1, 0.15) is 11.5 Å². The highest BCUT2D eigenvalue weighted by Gasteiger charge is 2.25. The molecule has 0 amide bonds. The Bertz CT molecular complexity index is 330. The number of hydrogen-bond acceptors (Lipinski definition) is 3. The van der Waals surface area contributed by atoms with Crippen molar-refractivity contribution in [2.45, 2.75) is 38.8 Å². The second kappa shape index (κ2) is 5.02. The molecule has 0 aromatic carbocycles. The smallest absolute Gasteiger partial charge is 0.120 e. The van der Waals surface area contributed by atoms with E-state index in [1.54, 1.807) is 0 Å². The van der Waals surface area contributed by atoms with Gasteiger partial charge in [-0.05, 0) is 45.9 Å². The zero-order chi connectivity index (χ0) is 11.5. The van der Waals surface area contributed by atoms with Crippen molar-refractivity contribution in [3.05, 3.63) is 23.7 Å². The molecule has 1 aromatic heterocycles. The van der Waals surface area contributed by atoms with Crippen molar-refractivity contribution in [3.63, 3.8) is 0 Å². The Labute approximate surface area is 97.8 Å². The standard InChI is InChI=1S/C13H22N2O/c1-10-4-7-13(16-10)11(2)14-8-9-15(3)12-5-6-12/h4,7,11-12,14H,5-6,8-9H2,1-3H3. The fraction of sp³-hybridized carbons (Fsp3) is 0.692. The minimum atomic E-state index is 0.307. The van der Waals surface area contributed by atoms with Gasteiger partial charge in [-0.3, -0.25) is 0 Å². The SMILES string of the molecule is Cc1ccc(C(C)NCCN(C)C2CC2)o1. The highest BCUT2D eigenvalue weighted by Crippen LogP contribution is 2.24. The molecular formula is C13H22N2O. The van der Waals surface area contributed by atoms with Crippen LogP contribution >= 0.6 is 0 Å². The maximum Gasteiger partial charge on any atom is 0.120 e. The molecule has 0 bridgehead atoms. The number of rotatable bonds is 6. The van der Waals surface area contributed by atoms with Crippen LogP contribution in [0.25, 0.3) is 0 Å². The molecule has 16 heavy (non-hydrogen) atoms. The van der Waals surface area contributed by atoms with Gasteiger partial charge in [0, 0.05) is 19.1 Å². The van der Waals surface area contributed by atoms with Gasteiger partial charge in [-0.25, -0.2) is 0 Å². The van der Waals surface area contributed by atoms with Crippen molar-refractivity contribution in [2.24, 2.45) is 0 Å². The summed E-state index contributed by atoms with van der Waals surface area (Å²) < 4.78 is 5.59. The summed E-state index contributed by atoms with van der Waals surface area (Å²) in [5.74, 6) is 2.02. The van der Waals surface area contributed by atoms with Gasteiger partial charge in [0.05, 0.1) is 6.04 Å². The molecule has 1 atom stereocenters. The molecule has 1 heterocycles. The molecule has 1 aromatic rings. The second-order valence-corrected chi connectivity index (χ2v) is 4.84. The normalized spacial score (nSPS) is 18.0. The molecule has 1 fully saturated rings. The molecule has 1 unspecified atom stereocenters. The molecule has 1 aliphatic carbocycles. The first-order valence-corrected chi connectivity index (χ1v) is 6.17. The van der Waals surface area contributed by atoms with E-state index in [0.29, 0.717) is 6.04 Å². The number of furan rings is 1. The van der Waals surface area contributed by atoms with Crippen LogP contribution in [0.3, 0.4) is 0 Å². The zero-order valence-corrected chi connectivity index (χ0v) is 10.5. The lowest BCUT2D eigenvalue weighted by Crippen LogP contribution is -2.31. The van der Waals surface area contributed by atoms with Crippen molar-refractivity contribution in [1.29, 1.82) is 0 Å². The number of likely N-dealkylation sites (N-methyl/N-ethyl adjacent to an activating group) is 1. The maximum atomic E-state index is 5.59. The Kier molecular flexibility index (Phi) is 3.66. The zero-order valence-electron chi connectivity index (χ0n) is 10.5. The highest BCUT2D eigenvalue weighted by atomic mass is 16.3. The van der Waals surface area contributed by atoms with Crippen molar-refractivity contribution < 1.29 is 4.42 Å². The van der Waals surface area contributed by atoms with E-state index < -0.39 is 0 Å². The lowest BCUT2D eigenvalue weighted by Gasteiger charge is -2.17. The Morgan fingerprint density at radius 1 is 1.50 bits per heavy atom. The van der Waals surface area contributed by atoms with Gasteiger partial charge in [0.2, 0.25) is 0 Å². The van der Waals surface area contributed by atoms with E-state index in [1.165, 1.54) is 12.8 Å². The van der Waals surface area contributed by atoms with E-state index in [4.69, 9.17) is 4.42 Å². The lowest BCUT2D eigenvalue weighted by molar-refractivity contribution is 0.310. The topological polar surface area (TPSA) is 28.4 Å². The molecule has 1 N–H and O–H groups in total. The van der Waals surface area contributed by atoms with Crippen molar-refractivity contribution in [3.8, 4) is 0 Å². The molecule has 0 saturated heterocycles. The van der Waals surface area contributed by atoms with Gasteiger partial charge in [-0.15, -0.1) is 0 Å². The average molecular weight is 222 g/mol. The Morgan fingerprint density at radius 3 is 2.81 bits per heavy atom. The minimum Gasteiger partial charge on any atom is -0.465 e. The predicted octanol–water partition coefficient (Wildman–Crippen LogP) is 2.33. The van der Waals surface area contributed by atoms with Crippen LogP contribution in [0.4, 0.5) is 0 Å². The third kappa shape index (κ3) is 3.09. The fourth-order valence-corrected chi connectivity index (χ4v) is 1.94. The van der Waals surface area contributed by atoms with Crippen molar-refractivity contribution in [2.75, 3.05) is 20.1 Å². The van der Waals surface area contributed by atoms with Gasteiger partial charge in [0.25, 0.3) is 0 Å². The average Bonchev–Trinajstić information content (AvgIpc) is 3.01. The second-order valence-electron chi connectivity index (χ2n) is 4.84. The number of hydrogen-bond donors (Lipinski definition) is 1. The van der Waals surface area contributed by atoms with Crippen LogP contribution in [0.1, 0.15) is 37.3 Å². The van der Waals surface area contributed by atoms with Crippen molar-refractivity contribution >= 4 is 0 Å². The third-order valence-electron chi connectivity index (χ3n) is 3.27. The molecule has 1 aliphatic rings. The van der Waals surface area contributed by atoms with Gasteiger partial charge in [0.15, 0.2) is 0 Å². The lowest BCUT2D eigenvalue weighted by atomic mass is 10.2. The Hall–Kier alpha value is -0.800. The number of nitrogens with zero attached hydrogens (tertiary/aromatic N) is 1. The van der Waals surface area contributed by atoms with Crippen LogP contribution in [0.15, 0.2) is 16.5 Å². The van der Waals surface area contributed by atoms with E-state index >= 15 is 0 Å². The van der Waals surface area contributed by atoms with Crippen molar-refractivity contribution in [1.82, 2.24) is 10.2 Å². The molecule has 1 saturated carbocycles. The monoisotopic (exact) mass is 222 g/mol. The summed E-state index contributed by atoms with van der Waals surface area (Å²) in [5, 5.41) is 3.49. The minimum absolute atomic E-state index is 0.307. The third-order valence-corrected chi connectivity index (χ3v) is 3.27. The summed E-state index contributed by atoms with van der Waals surface area (Å²) in [6.45, 7) is 6.27. The van der Waals surface area contributed by atoms with Crippen LogP contribution in [0.5, 0.6) is 0 Å². The molecule has 2 rings (SSSR count). The van der Waals surface area contributed by atoms with Crippen LogP contribution in [-0.2, 0) is 0 Å². The van der Waals surface area contributed by atoms with Gasteiger partial charge in [-0.1, -0.05) is 0 Å².